The van der Waals surface area contributed by atoms with Crippen molar-refractivity contribution in [3.63, 3.8) is 0 Å². The highest BCUT2D eigenvalue weighted by Gasteiger charge is 2.32. The Balaban J connectivity index is 2.58. The van der Waals surface area contributed by atoms with Crippen LogP contribution in [0.4, 0.5) is 0 Å². The van der Waals surface area contributed by atoms with Crippen molar-refractivity contribution < 1.29 is 4.79 Å². The Labute approximate surface area is 113 Å². The maximum Gasteiger partial charge on any atom is 0.234 e. The fourth-order valence-electron chi connectivity index (χ4n) is 2.55. The first-order chi connectivity index (χ1) is 9.33. The van der Waals surface area contributed by atoms with Gasteiger partial charge in [-0.3, -0.25) is 0 Å². The molecule has 2 heteroatoms. The lowest BCUT2D eigenvalue weighted by molar-refractivity contribution is 0.502. The summed E-state index contributed by atoms with van der Waals surface area (Å²) in [5, 5.41) is 0. The summed E-state index contributed by atoms with van der Waals surface area (Å²) in [5.74, 6) is 0. The zero-order valence-electron chi connectivity index (χ0n) is 11.0. The fraction of sp³-hybridized carbons (Fsp3) is 0.235. The Morgan fingerprint density at radius 1 is 0.947 bits per heavy atom. The summed E-state index contributed by atoms with van der Waals surface area (Å²) in [5.41, 5.74) is 2.12. The van der Waals surface area contributed by atoms with Crippen LogP contribution in [0.2, 0.25) is 0 Å². The Hall–Kier alpha value is -2.18. The van der Waals surface area contributed by atoms with Gasteiger partial charge in [0.1, 0.15) is 0 Å². The second-order valence-corrected chi connectivity index (χ2v) is 4.58. The summed E-state index contributed by atoms with van der Waals surface area (Å²) < 4.78 is 0. The minimum absolute atomic E-state index is 0.250. The summed E-state index contributed by atoms with van der Waals surface area (Å²) in [6.07, 6.45) is 2.55. The first-order valence-electron chi connectivity index (χ1n) is 6.48. The second kappa shape index (κ2) is 6.12. The fourth-order valence-corrected chi connectivity index (χ4v) is 2.55. The number of isocyanates is 1. The third-order valence-corrected chi connectivity index (χ3v) is 3.67. The molecule has 0 saturated heterocycles. The average molecular weight is 251 g/mol. The number of nitrogens with zero attached hydrogens (tertiary/aromatic N) is 1. The molecular weight excluding hydrogens is 234 g/mol. The van der Waals surface area contributed by atoms with Crippen molar-refractivity contribution in [3.8, 4) is 0 Å². The van der Waals surface area contributed by atoms with Crippen molar-refractivity contribution in [2.45, 2.75) is 18.8 Å². The van der Waals surface area contributed by atoms with Crippen LogP contribution >= 0.6 is 0 Å². The molecule has 0 heterocycles. The van der Waals surface area contributed by atoms with E-state index in [-0.39, 0.29) is 5.41 Å². The molecule has 0 fully saturated rings. The van der Waals surface area contributed by atoms with E-state index in [1.807, 2.05) is 36.4 Å². The van der Waals surface area contributed by atoms with Gasteiger partial charge in [-0.1, -0.05) is 67.6 Å². The van der Waals surface area contributed by atoms with E-state index < -0.39 is 0 Å². The minimum Gasteiger partial charge on any atom is -0.211 e. The van der Waals surface area contributed by atoms with E-state index in [4.69, 9.17) is 0 Å². The molecular formula is C17H17NO. The van der Waals surface area contributed by atoms with Gasteiger partial charge in [0.2, 0.25) is 6.08 Å². The largest absolute Gasteiger partial charge is 0.234 e. The second-order valence-electron chi connectivity index (χ2n) is 4.58. The molecule has 2 nitrogen and oxygen atoms in total. The summed E-state index contributed by atoms with van der Waals surface area (Å²) in [6.45, 7) is 2.56. The van der Waals surface area contributed by atoms with Crippen LogP contribution in [0.25, 0.3) is 0 Å². The van der Waals surface area contributed by atoms with Gasteiger partial charge in [-0.2, -0.15) is 0 Å². The van der Waals surface area contributed by atoms with E-state index in [0.717, 1.165) is 6.42 Å². The smallest absolute Gasteiger partial charge is 0.211 e. The normalized spacial score (nSPS) is 10.8. The van der Waals surface area contributed by atoms with Crippen LogP contribution in [0.1, 0.15) is 24.5 Å². The first kappa shape index (κ1) is 13.3. The molecule has 0 radical (unpaired) electrons. The van der Waals surface area contributed by atoms with Gasteiger partial charge in [0.15, 0.2) is 0 Å². The number of benzene rings is 2. The monoisotopic (exact) mass is 251 g/mol. The van der Waals surface area contributed by atoms with Gasteiger partial charge in [-0.25, -0.2) is 9.79 Å². The van der Waals surface area contributed by atoms with Crippen LogP contribution in [-0.2, 0) is 10.2 Å². The average Bonchev–Trinajstić information content (AvgIpc) is 2.51. The van der Waals surface area contributed by atoms with Gasteiger partial charge in [0, 0.05) is 5.41 Å². The van der Waals surface area contributed by atoms with Crippen molar-refractivity contribution in [2.24, 2.45) is 4.99 Å². The van der Waals surface area contributed by atoms with Crippen molar-refractivity contribution in [1.82, 2.24) is 0 Å². The Morgan fingerprint density at radius 2 is 1.42 bits per heavy atom. The molecule has 96 valence electrons. The predicted molar refractivity (Wildman–Crippen MR) is 76.9 cm³/mol. The highest BCUT2D eigenvalue weighted by atomic mass is 16.1. The summed E-state index contributed by atoms with van der Waals surface area (Å²) in [6, 6.07) is 20.5. The topological polar surface area (TPSA) is 29.4 Å². The molecule has 0 aromatic heterocycles. The minimum atomic E-state index is -0.250. The third-order valence-electron chi connectivity index (χ3n) is 3.67. The lowest BCUT2D eigenvalue weighted by atomic mass is 9.72. The van der Waals surface area contributed by atoms with Gasteiger partial charge >= 0.3 is 0 Å². The molecule has 0 amide bonds. The molecule has 2 rings (SSSR count). The highest BCUT2D eigenvalue weighted by Crippen LogP contribution is 2.35. The molecule has 2 aromatic rings. The molecule has 0 unspecified atom stereocenters. The summed E-state index contributed by atoms with van der Waals surface area (Å²) in [7, 11) is 0. The SMILES string of the molecule is CCC(CN=C=O)(c1ccccc1)c1ccccc1. The Morgan fingerprint density at radius 3 is 1.79 bits per heavy atom. The first-order valence-corrected chi connectivity index (χ1v) is 6.48. The van der Waals surface area contributed by atoms with E-state index >= 15 is 0 Å². The molecule has 0 atom stereocenters. The van der Waals surface area contributed by atoms with Crippen LogP contribution in [0.15, 0.2) is 65.7 Å². The molecule has 0 aliphatic heterocycles. The van der Waals surface area contributed by atoms with Crippen molar-refractivity contribution in [3.05, 3.63) is 71.8 Å². The maximum absolute atomic E-state index is 10.5. The predicted octanol–water partition coefficient (Wildman–Crippen LogP) is 3.72. The zero-order chi connectivity index (χ0) is 13.6. The van der Waals surface area contributed by atoms with E-state index in [1.165, 1.54) is 11.1 Å². The van der Waals surface area contributed by atoms with E-state index in [9.17, 15) is 4.79 Å². The number of aliphatic imine (C=N–C) groups is 1. The van der Waals surface area contributed by atoms with Crippen LogP contribution < -0.4 is 0 Å². The van der Waals surface area contributed by atoms with Crippen molar-refractivity contribution in [2.75, 3.05) is 6.54 Å². The molecule has 2 aromatic carbocycles. The van der Waals surface area contributed by atoms with E-state index in [0.29, 0.717) is 6.54 Å². The molecule has 0 N–H and O–H groups in total. The molecule has 0 aliphatic carbocycles. The van der Waals surface area contributed by atoms with Crippen LogP contribution in [0.5, 0.6) is 0 Å². The molecule has 19 heavy (non-hydrogen) atoms. The lowest BCUT2D eigenvalue weighted by Gasteiger charge is -2.32. The van der Waals surface area contributed by atoms with Gasteiger partial charge in [0.05, 0.1) is 6.54 Å². The Kier molecular flexibility index (Phi) is 4.27. The number of rotatable bonds is 5. The van der Waals surface area contributed by atoms with E-state index in [2.05, 4.69) is 36.2 Å². The number of hydrogen-bond acceptors (Lipinski definition) is 2. The molecule has 0 aliphatic rings. The molecule has 0 spiro atoms. The van der Waals surface area contributed by atoms with E-state index in [1.54, 1.807) is 6.08 Å². The van der Waals surface area contributed by atoms with Gasteiger partial charge < -0.3 is 0 Å². The summed E-state index contributed by atoms with van der Waals surface area (Å²) >= 11 is 0. The van der Waals surface area contributed by atoms with Crippen LogP contribution in [0.3, 0.4) is 0 Å². The number of carbonyl (C=O) groups excluding carboxylic acids is 1. The van der Waals surface area contributed by atoms with Gasteiger partial charge in [-0.05, 0) is 17.5 Å². The van der Waals surface area contributed by atoms with Gasteiger partial charge in [0.25, 0.3) is 0 Å². The van der Waals surface area contributed by atoms with Crippen LogP contribution in [-0.4, -0.2) is 12.6 Å². The lowest BCUT2D eigenvalue weighted by Crippen LogP contribution is -2.30. The molecule has 0 bridgehead atoms. The van der Waals surface area contributed by atoms with Crippen molar-refractivity contribution >= 4 is 6.08 Å². The van der Waals surface area contributed by atoms with Crippen LogP contribution in [0, 0.1) is 0 Å². The highest BCUT2D eigenvalue weighted by molar-refractivity contribution is 5.42. The maximum atomic E-state index is 10.5. The number of hydrogen-bond donors (Lipinski definition) is 0. The molecule has 0 saturated carbocycles. The standard InChI is InChI=1S/C17H17NO/c1-2-17(13-18-14-19,15-9-5-3-6-10-15)16-11-7-4-8-12-16/h3-12H,2,13H2,1H3. The van der Waals surface area contributed by atoms with Crippen molar-refractivity contribution in [1.29, 1.82) is 0 Å². The quantitative estimate of drug-likeness (QED) is 0.588. The third kappa shape index (κ3) is 2.64. The van der Waals surface area contributed by atoms with Gasteiger partial charge in [-0.15, -0.1) is 0 Å². The Bertz CT molecular complexity index is 517. The summed E-state index contributed by atoms with van der Waals surface area (Å²) in [4.78, 5) is 14.4. The zero-order valence-corrected chi connectivity index (χ0v) is 11.0.